The SMILES string of the molecule is Cc1ccc(N)cc1NC(=O)COc1ccc(C#N)cc1. The van der Waals surface area contributed by atoms with Crippen LogP contribution in [0.15, 0.2) is 42.5 Å². The van der Waals surface area contributed by atoms with Crippen LogP contribution in [-0.4, -0.2) is 12.5 Å². The van der Waals surface area contributed by atoms with Gasteiger partial charge in [-0.3, -0.25) is 4.79 Å². The van der Waals surface area contributed by atoms with Crippen molar-refractivity contribution in [1.82, 2.24) is 0 Å². The van der Waals surface area contributed by atoms with Crippen molar-refractivity contribution in [1.29, 1.82) is 5.26 Å². The average molecular weight is 281 g/mol. The van der Waals surface area contributed by atoms with E-state index in [4.69, 9.17) is 15.7 Å². The summed E-state index contributed by atoms with van der Waals surface area (Å²) in [5, 5.41) is 11.4. The van der Waals surface area contributed by atoms with Crippen molar-refractivity contribution in [3.05, 3.63) is 53.6 Å². The first-order valence-electron chi connectivity index (χ1n) is 6.37. The molecule has 0 saturated heterocycles. The minimum absolute atomic E-state index is 0.111. The van der Waals surface area contributed by atoms with E-state index < -0.39 is 0 Å². The fourth-order valence-electron chi connectivity index (χ4n) is 1.74. The third-order valence-corrected chi connectivity index (χ3v) is 2.89. The number of hydrogen-bond donors (Lipinski definition) is 2. The quantitative estimate of drug-likeness (QED) is 0.843. The molecule has 0 atom stereocenters. The molecule has 0 fully saturated rings. The zero-order valence-corrected chi connectivity index (χ0v) is 11.6. The lowest BCUT2D eigenvalue weighted by Crippen LogP contribution is -2.20. The van der Waals surface area contributed by atoms with Crippen molar-refractivity contribution in [2.45, 2.75) is 6.92 Å². The molecule has 0 aliphatic carbocycles. The van der Waals surface area contributed by atoms with E-state index in [0.29, 0.717) is 22.7 Å². The van der Waals surface area contributed by atoms with E-state index in [2.05, 4.69) is 5.32 Å². The summed E-state index contributed by atoms with van der Waals surface area (Å²) in [7, 11) is 0. The molecular weight excluding hydrogens is 266 g/mol. The fourth-order valence-corrected chi connectivity index (χ4v) is 1.74. The van der Waals surface area contributed by atoms with Gasteiger partial charge >= 0.3 is 0 Å². The lowest BCUT2D eigenvalue weighted by Gasteiger charge is -2.10. The number of nitrogens with one attached hydrogen (secondary N) is 1. The van der Waals surface area contributed by atoms with Gasteiger partial charge in [0.1, 0.15) is 5.75 Å². The minimum atomic E-state index is -0.270. The normalized spacial score (nSPS) is 9.71. The number of benzene rings is 2. The molecule has 0 heterocycles. The Morgan fingerprint density at radius 2 is 2.00 bits per heavy atom. The molecule has 2 rings (SSSR count). The van der Waals surface area contributed by atoms with Crippen LogP contribution in [0.3, 0.4) is 0 Å². The van der Waals surface area contributed by atoms with Crippen LogP contribution in [0.2, 0.25) is 0 Å². The number of carbonyl (C=O) groups excluding carboxylic acids is 1. The van der Waals surface area contributed by atoms with E-state index in [0.717, 1.165) is 5.56 Å². The minimum Gasteiger partial charge on any atom is -0.484 e. The van der Waals surface area contributed by atoms with Crippen LogP contribution in [0, 0.1) is 18.3 Å². The van der Waals surface area contributed by atoms with Crippen LogP contribution >= 0.6 is 0 Å². The number of nitrogens with zero attached hydrogens (tertiary/aromatic N) is 1. The molecular formula is C16H15N3O2. The standard InChI is InChI=1S/C16H15N3O2/c1-11-2-5-13(18)8-15(11)19-16(20)10-21-14-6-3-12(9-17)4-7-14/h2-8H,10,18H2,1H3,(H,19,20). The molecule has 3 N–H and O–H groups in total. The second-order valence-electron chi connectivity index (χ2n) is 4.55. The molecule has 0 aromatic heterocycles. The van der Waals surface area contributed by atoms with Gasteiger partial charge in [-0.2, -0.15) is 5.26 Å². The third-order valence-electron chi connectivity index (χ3n) is 2.89. The Balaban J connectivity index is 1.92. The predicted molar refractivity (Wildman–Crippen MR) is 80.9 cm³/mol. The Morgan fingerprint density at radius 3 is 2.67 bits per heavy atom. The van der Waals surface area contributed by atoms with Crippen LogP contribution in [0.5, 0.6) is 5.75 Å². The highest BCUT2D eigenvalue weighted by Crippen LogP contribution is 2.18. The second-order valence-corrected chi connectivity index (χ2v) is 4.55. The average Bonchev–Trinajstić information content (AvgIpc) is 2.49. The highest BCUT2D eigenvalue weighted by molar-refractivity contribution is 5.93. The number of nitrogens with two attached hydrogens (primary N) is 1. The number of nitriles is 1. The zero-order valence-electron chi connectivity index (χ0n) is 11.6. The summed E-state index contributed by atoms with van der Waals surface area (Å²) < 4.78 is 5.36. The number of anilines is 2. The molecule has 0 bridgehead atoms. The molecule has 2 aromatic carbocycles. The maximum Gasteiger partial charge on any atom is 0.262 e. The van der Waals surface area contributed by atoms with Gasteiger partial charge in [0, 0.05) is 11.4 Å². The van der Waals surface area contributed by atoms with Gasteiger partial charge in [-0.1, -0.05) is 6.07 Å². The highest BCUT2D eigenvalue weighted by atomic mass is 16.5. The molecule has 0 radical (unpaired) electrons. The molecule has 0 unspecified atom stereocenters. The third kappa shape index (κ3) is 3.98. The van der Waals surface area contributed by atoms with Crippen LogP contribution in [0.25, 0.3) is 0 Å². The summed E-state index contributed by atoms with van der Waals surface area (Å²) in [6.45, 7) is 1.77. The predicted octanol–water partition coefficient (Wildman–Crippen LogP) is 2.47. The molecule has 0 aliphatic rings. The van der Waals surface area contributed by atoms with E-state index in [1.54, 1.807) is 36.4 Å². The Labute approximate surface area is 123 Å². The smallest absolute Gasteiger partial charge is 0.262 e. The monoisotopic (exact) mass is 281 g/mol. The van der Waals surface area contributed by atoms with E-state index >= 15 is 0 Å². The van der Waals surface area contributed by atoms with Gasteiger partial charge in [0.15, 0.2) is 6.61 Å². The van der Waals surface area contributed by atoms with Gasteiger partial charge in [-0.05, 0) is 48.9 Å². The van der Waals surface area contributed by atoms with Crippen molar-refractivity contribution in [2.24, 2.45) is 0 Å². The highest BCUT2D eigenvalue weighted by Gasteiger charge is 2.06. The summed E-state index contributed by atoms with van der Waals surface area (Å²) in [6, 6.07) is 13.9. The van der Waals surface area contributed by atoms with Crippen molar-refractivity contribution < 1.29 is 9.53 Å². The molecule has 21 heavy (non-hydrogen) atoms. The molecule has 1 amide bonds. The van der Waals surface area contributed by atoms with Crippen LogP contribution in [0.1, 0.15) is 11.1 Å². The summed E-state index contributed by atoms with van der Waals surface area (Å²) in [5.74, 6) is 0.265. The maximum atomic E-state index is 11.8. The number of amides is 1. The molecule has 106 valence electrons. The molecule has 0 spiro atoms. The topological polar surface area (TPSA) is 88.1 Å². The number of rotatable bonds is 4. The number of hydrogen-bond acceptors (Lipinski definition) is 4. The zero-order chi connectivity index (χ0) is 15.2. The number of aryl methyl sites for hydroxylation is 1. The van der Waals surface area contributed by atoms with Gasteiger partial charge in [0.25, 0.3) is 5.91 Å². The van der Waals surface area contributed by atoms with Gasteiger partial charge in [0.05, 0.1) is 11.6 Å². The van der Waals surface area contributed by atoms with E-state index in [1.807, 2.05) is 19.1 Å². The second kappa shape index (κ2) is 6.44. The number of nitrogen functional groups attached to an aromatic ring is 1. The van der Waals surface area contributed by atoms with Crippen LogP contribution in [-0.2, 0) is 4.79 Å². The van der Waals surface area contributed by atoms with Gasteiger partial charge < -0.3 is 15.8 Å². The summed E-state index contributed by atoms with van der Waals surface area (Å²) in [4.78, 5) is 11.8. The van der Waals surface area contributed by atoms with E-state index in [-0.39, 0.29) is 12.5 Å². The largest absolute Gasteiger partial charge is 0.484 e. The van der Waals surface area contributed by atoms with Crippen molar-refractivity contribution in [3.8, 4) is 11.8 Å². The van der Waals surface area contributed by atoms with Gasteiger partial charge in [-0.25, -0.2) is 0 Å². The van der Waals surface area contributed by atoms with E-state index in [9.17, 15) is 4.79 Å². The Morgan fingerprint density at radius 1 is 1.29 bits per heavy atom. The molecule has 0 aliphatic heterocycles. The number of carbonyl (C=O) groups is 1. The number of ether oxygens (including phenoxy) is 1. The van der Waals surface area contributed by atoms with Crippen LogP contribution in [0.4, 0.5) is 11.4 Å². The Kier molecular flexibility index (Phi) is 4.42. The first-order valence-corrected chi connectivity index (χ1v) is 6.37. The Bertz CT molecular complexity index is 688. The summed E-state index contributed by atoms with van der Waals surface area (Å²) >= 11 is 0. The van der Waals surface area contributed by atoms with E-state index in [1.165, 1.54) is 0 Å². The first-order chi connectivity index (χ1) is 10.1. The summed E-state index contributed by atoms with van der Waals surface area (Å²) in [6.07, 6.45) is 0. The lowest BCUT2D eigenvalue weighted by molar-refractivity contribution is -0.118. The molecule has 0 saturated carbocycles. The van der Waals surface area contributed by atoms with Crippen molar-refractivity contribution in [2.75, 3.05) is 17.7 Å². The molecule has 5 heteroatoms. The van der Waals surface area contributed by atoms with Crippen molar-refractivity contribution >= 4 is 17.3 Å². The molecule has 2 aromatic rings. The lowest BCUT2D eigenvalue weighted by atomic mass is 10.2. The summed E-state index contributed by atoms with van der Waals surface area (Å²) in [5.41, 5.74) is 8.41. The van der Waals surface area contributed by atoms with Gasteiger partial charge in [0.2, 0.25) is 0 Å². The van der Waals surface area contributed by atoms with Crippen LogP contribution < -0.4 is 15.8 Å². The Hall–Kier alpha value is -3.00. The fraction of sp³-hybridized carbons (Fsp3) is 0.125. The maximum absolute atomic E-state index is 11.8. The van der Waals surface area contributed by atoms with Crippen molar-refractivity contribution in [3.63, 3.8) is 0 Å². The first kappa shape index (κ1) is 14.4. The molecule has 5 nitrogen and oxygen atoms in total. The van der Waals surface area contributed by atoms with Gasteiger partial charge in [-0.15, -0.1) is 0 Å².